The predicted octanol–water partition coefficient (Wildman–Crippen LogP) is 4.78. The molecule has 8 heteroatoms. The smallest absolute Gasteiger partial charge is 0.269 e. The van der Waals surface area contributed by atoms with Gasteiger partial charge in [0, 0.05) is 23.5 Å². The fourth-order valence-corrected chi connectivity index (χ4v) is 4.01. The van der Waals surface area contributed by atoms with E-state index in [2.05, 4.69) is 16.0 Å². The second-order valence-corrected chi connectivity index (χ2v) is 7.99. The highest BCUT2D eigenvalue weighted by Gasteiger charge is 2.30. The van der Waals surface area contributed by atoms with Crippen molar-refractivity contribution in [3.63, 3.8) is 0 Å². The normalized spacial score (nSPS) is 15.1. The van der Waals surface area contributed by atoms with E-state index in [0.29, 0.717) is 10.8 Å². The first kappa shape index (κ1) is 21.7. The standard InChI is InChI=1S/C22H26N4O3S/c1-15-7-5-6-10-19(15)24-21(27)20(16-8-3-2-4-9-16)25-22(30)23-17-11-13-18(14-12-17)26(28)29/h5-7,10-14,16,20H,2-4,8-9H2,1H3,(H,24,27)(H2,23,25,30). The maximum atomic E-state index is 13.1. The molecule has 0 heterocycles. The quantitative estimate of drug-likeness (QED) is 0.350. The number of aryl methyl sites for hydroxylation is 1. The van der Waals surface area contributed by atoms with Gasteiger partial charge in [-0.25, -0.2) is 0 Å². The van der Waals surface area contributed by atoms with Gasteiger partial charge in [-0.3, -0.25) is 14.9 Å². The number of anilines is 2. The molecule has 0 radical (unpaired) electrons. The van der Waals surface area contributed by atoms with E-state index in [1.54, 1.807) is 12.1 Å². The SMILES string of the molecule is Cc1ccccc1NC(=O)C(NC(=S)Nc1ccc([N+](=O)[O-])cc1)C1CCCCC1. The van der Waals surface area contributed by atoms with Gasteiger partial charge in [0.2, 0.25) is 5.91 Å². The summed E-state index contributed by atoms with van der Waals surface area (Å²) < 4.78 is 0. The van der Waals surface area contributed by atoms with Crippen LogP contribution in [-0.4, -0.2) is 22.0 Å². The molecule has 1 atom stereocenters. The van der Waals surface area contributed by atoms with Crippen molar-refractivity contribution in [2.24, 2.45) is 5.92 Å². The van der Waals surface area contributed by atoms with E-state index in [4.69, 9.17) is 12.2 Å². The first-order valence-electron chi connectivity index (χ1n) is 10.1. The number of hydrogen-bond acceptors (Lipinski definition) is 4. The molecule has 1 fully saturated rings. The lowest BCUT2D eigenvalue weighted by molar-refractivity contribution is -0.384. The van der Waals surface area contributed by atoms with Crippen molar-refractivity contribution in [2.75, 3.05) is 10.6 Å². The zero-order chi connectivity index (χ0) is 21.5. The maximum Gasteiger partial charge on any atom is 0.269 e. The second-order valence-electron chi connectivity index (χ2n) is 7.58. The number of amides is 1. The number of rotatable bonds is 6. The van der Waals surface area contributed by atoms with Crippen LogP contribution >= 0.6 is 12.2 Å². The van der Waals surface area contributed by atoms with Gasteiger partial charge >= 0.3 is 0 Å². The van der Waals surface area contributed by atoms with Crippen LogP contribution in [0.4, 0.5) is 17.1 Å². The van der Waals surface area contributed by atoms with E-state index in [1.165, 1.54) is 18.6 Å². The fraction of sp³-hybridized carbons (Fsp3) is 0.364. The second kappa shape index (κ2) is 10.2. The molecule has 0 bridgehead atoms. The minimum Gasteiger partial charge on any atom is -0.350 e. The summed E-state index contributed by atoms with van der Waals surface area (Å²) in [6.45, 7) is 1.96. The molecule has 1 amide bonds. The van der Waals surface area contributed by atoms with Crippen molar-refractivity contribution in [1.29, 1.82) is 0 Å². The molecule has 30 heavy (non-hydrogen) atoms. The molecule has 158 valence electrons. The number of benzene rings is 2. The third-order valence-electron chi connectivity index (χ3n) is 5.43. The Labute approximate surface area is 181 Å². The Kier molecular flexibility index (Phi) is 7.35. The highest BCUT2D eigenvalue weighted by Crippen LogP contribution is 2.28. The van der Waals surface area contributed by atoms with E-state index in [1.807, 2.05) is 31.2 Å². The number of carbonyl (C=O) groups excluding carboxylic acids is 1. The Balaban J connectivity index is 1.70. The molecule has 0 aromatic heterocycles. The van der Waals surface area contributed by atoms with Crippen LogP contribution in [0.2, 0.25) is 0 Å². The minimum absolute atomic E-state index is 0.0112. The Hall–Kier alpha value is -3.00. The van der Waals surface area contributed by atoms with Gasteiger partial charge < -0.3 is 16.0 Å². The van der Waals surface area contributed by atoms with Gasteiger partial charge in [-0.1, -0.05) is 37.5 Å². The summed E-state index contributed by atoms with van der Waals surface area (Å²) in [6, 6.07) is 13.2. The third kappa shape index (κ3) is 5.76. The lowest BCUT2D eigenvalue weighted by Crippen LogP contribution is -2.50. The molecule has 1 unspecified atom stereocenters. The van der Waals surface area contributed by atoms with Crippen LogP contribution in [0.3, 0.4) is 0 Å². The topological polar surface area (TPSA) is 96.3 Å². The van der Waals surface area contributed by atoms with Crippen LogP contribution < -0.4 is 16.0 Å². The van der Waals surface area contributed by atoms with Crippen molar-refractivity contribution < 1.29 is 9.72 Å². The number of nitrogens with zero attached hydrogens (tertiary/aromatic N) is 1. The molecule has 0 spiro atoms. The van der Waals surface area contributed by atoms with Crippen LogP contribution in [0.1, 0.15) is 37.7 Å². The van der Waals surface area contributed by atoms with Crippen LogP contribution in [0.25, 0.3) is 0 Å². The van der Waals surface area contributed by atoms with E-state index < -0.39 is 11.0 Å². The van der Waals surface area contributed by atoms with Crippen molar-refractivity contribution in [3.8, 4) is 0 Å². The molecule has 0 saturated heterocycles. The monoisotopic (exact) mass is 426 g/mol. The Morgan fingerprint density at radius 3 is 2.37 bits per heavy atom. The van der Waals surface area contributed by atoms with E-state index >= 15 is 0 Å². The fourth-order valence-electron chi connectivity index (χ4n) is 3.76. The molecule has 3 rings (SSSR count). The number of non-ortho nitro benzene ring substituents is 1. The lowest BCUT2D eigenvalue weighted by Gasteiger charge is -2.31. The molecular formula is C22H26N4O3S. The largest absolute Gasteiger partial charge is 0.350 e. The van der Waals surface area contributed by atoms with Gasteiger partial charge in [0.15, 0.2) is 5.11 Å². The average Bonchev–Trinajstić information content (AvgIpc) is 2.74. The number of nitrogens with one attached hydrogen (secondary N) is 3. The van der Waals surface area contributed by atoms with E-state index in [0.717, 1.165) is 36.9 Å². The molecule has 2 aromatic rings. The van der Waals surface area contributed by atoms with Crippen molar-refractivity contribution >= 4 is 40.3 Å². The van der Waals surface area contributed by atoms with Crippen molar-refractivity contribution in [1.82, 2.24) is 5.32 Å². The Bertz CT molecular complexity index is 911. The van der Waals surface area contributed by atoms with Crippen LogP contribution in [-0.2, 0) is 4.79 Å². The lowest BCUT2D eigenvalue weighted by atomic mass is 9.83. The third-order valence-corrected chi connectivity index (χ3v) is 5.65. The molecule has 3 N–H and O–H groups in total. The number of thiocarbonyl (C=S) groups is 1. The van der Waals surface area contributed by atoms with Gasteiger partial charge in [0.05, 0.1) is 4.92 Å². The molecule has 1 aliphatic rings. The summed E-state index contributed by atoms with van der Waals surface area (Å²) in [5.74, 6) is 0.0865. The summed E-state index contributed by atoms with van der Waals surface area (Å²) >= 11 is 5.44. The summed E-state index contributed by atoms with van der Waals surface area (Å²) in [5, 5.41) is 20.4. The predicted molar refractivity (Wildman–Crippen MR) is 123 cm³/mol. The number of carbonyl (C=O) groups is 1. The summed E-state index contributed by atoms with van der Waals surface area (Å²) in [5.41, 5.74) is 2.43. The van der Waals surface area contributed by atoms with Crippen molar-refractivity contribution in [2.45, 2.75) is 45.1 Å². The molecule has 1 saturated carbocycles. The zero-order valence-corrected chi connectivity index (χ0v) is 17.7. The van der Waals surface area contributed by atoms with Gasteiger partial charge in [-0.05, 0) is 61.7 Å². The van der Waals surface area contributed by atoms with Gasteiger partial charge in [-0.2, -0.15) is 0 Å². The Morgan fingerprint density at radius 2 is 1.73 bits per heavy atom. The number of para-hydroxylation sites is 1. The number of nitro benzene ring substituents is 1. The first-order chi connectivity index (χ1) is 14.4. The van der Waals surface area contributed by atoms with Crippen molar-refractivity contribution in [3.05, 3.63) is 64.2 Å². The van der Waals surface area contributed by atoms with Gasteiger partial charge in [0.1, 0.15) is 6.04 Å². The van der Waals surface area contributed by atoms with E-state index in [-0.39, 0.29) is 17.5 Å². The minimum atomic E-state index is -0.456. The molecule has 2 aromatic carbocycles. The molecule has 0 aliphatic heterocycles. The maximum absolute atomic E-state index is 13.1. The highest BCUT2D eigenvalue weighted by atomic mass is 32.1. The summed E-state index contributed by atoms with van der Waals surface area (Å²) in [4.78, 5) is 23.5. The van der Waals surface area contributed by atoms with Gasteiger partial charge in [0.25, 0.3) is 5.69 Å². The number of nitro groups is 1. The molecule has 7 nitrogen and oxygen atoms in total. The molecule has 1 aliphatic carbocycles. The summed E-state index contributed by atoms with van der Waals surface area (Å²) in [7, 11) is 0. The number of hydrogen-bond donors (Lipinski definition) is 3. The van der Waals surface area contributed by atoms with Crippen LogP contribution in [0.15, 0.2) is 48.5 Å². The van der Waals surface area contributed by atoms with E-state index in [9.17, 15) is 14.9 Å². The zero-order valence-electron chi connectivity index (χ0n) is 16.9. The van der Waals surface area contributed by atoms with Crippen LogP contribution in [0, 0.1) is 23.0 Å². The first-order valence-corrected chi connectivity index (χ1v) is 10.5. The van der Waals surface area contributed by atoms with Crippen LogP contribution in [0.5, 0.6) is 0 Å². The summed E-state index contributed by atoms with van der Waals surface area (Å²) in [6.07, 6.45) is 5.33. The highest BCUT2D eigenvalue weighted by molar-refractivity contribution is 7.80. The Morgan fingerprint density at radius 1 is 1.07 bits per heavy atom. The molecular weight excluding hydrogens is 400 g/mol. The van der Waals surface area contributed by atoms with Gasteiger partial charge in [-0.15, -0.1) is 0 Å². The average molecular weight is 427 g/mol.